The molecule has 1 amide bonds. The number of aromatic nitrogens is 1. The summed E-state index contributed by atoms with van der Waals surface area (Å²) in [5.74, 6) is -0.970. The van der Waals surface area contributed by atoms with E-state index < -0.39 is 11.9 Å². The number of carbonyl (C=O) groups excluding carboxylic acids is 2. The van der Waals surface area contributed by atoms with E-state index >= 15 is 0 Å². The minimum Gasteiger partial charge on any atom is -0.451 e. The molecule has 0 fully saturated rings. The molecule has 0 atom stereocenters. The fourth-order valence-electron chi connectivity index (χ4n) is 1.87. The third-order valence-electron chi connectivity index (χ3n) is 3.01. The van der Waals surface area contributed by atoms with Crippen molar-refractivity contribution in [2.45, 2.75) is 6.42 Å². The van der Waals surface area contributed by atoms with Gasteiger partial charge in [0.15, 0.2) is 6.61 Å². The van der Waals surface area contributed by atoms with Crippen molar-refractivity contribution >= 4 is 17.6 Å². The number of nitrogens with zero attached hydrogens (tertiary/aromatic N) is 2. The van der Waals surface area contributed by atoms with E-state index in [9.17, 15) is 9.59 Å². The van der Waals surface area contributed by atoms with Gasteiger partial charge in [-0.2, -0.15) is 5.26 Å². The molecule has 0 bridgehead atoms. The molecule has 0 saturated heterocycles. The monoisotopic (exact) mass is 297 g/mol. The molecule has 0 unspecified atom stereocenters. The summed E-state index contributed by atoms with van der Waals surface area (Å²) in [7, 11) is 1.72. The predicted molar refractivity (Wildman–Crippen MR) is 80.1 cm³/mol. The Morgan fingerprint density at radius 1 is 1.27 bits per heavy atom. The molecule has 2 aromatic rings. The SMILES string of the molecule is Cn1cccc1C(=O)OCC(=O)Nc1ccc(CC#N)cc1. The molecule has 0 radical (unpaired) electrons. The van der Waals surface area contributed by atoms with Crippen LogP contribution in [0.25, 0.3) is 0 Å². The van der Waals surface area contributed by atoms with Gasteiger partial charge in [-0.3, -0.25) is 4.79 Å². The maximum Gasteiger partial charge on any atom is 0.355 e. The first-order valence-electron chi connectivity index (χ1n) is 6.64. The van der Waals surface area contributed by atoms with Crippen LogP contribution in [0.15, 0.2) is 42.6 Å². The second-order valence-corrected chi connectivity index (χ2v) is 4.66. The van der Waals surface area contributed by atoms with E-state index in [0.29, 0.717) is 17.8 Å². The van der Waals surface area contributed by atoms with Gasteiger partial charge >= 0.3 is 5.97 Å². The highest BCUT2D eigenvalue weighted by Crippen LogP contribution is 2.10. The number of aryl methyl sites for hydroxylation is 1. The van der Waals surface area contributed by atoms with Crippen LogP contribution in [0.1, 0.15) is 16.1 Å². The lowest BCUT2D eigenvalue weighted by molar-refractivity contribution is -0.119. The first-order valence-corrected chi connectivity index (χ1v) is 6.64. The van der Waals surface area contributed by atoms with Gasteiger partial charge in [0.25, 0.3) is 5.91 Å². The van der Waals surface area contributed by atoms with Gasteiger partial charge in [0.2, 0.25) is 0 Å². The van der Waals surface area contributed by atoms with Gasteiger partial charge in [0, 0.05) is 18.9 Å². The van der Waals surface area contributed by atoms with Crippen molar-refractivity contribution in [1.82, 2.24) is 4.57 Å². The summed E-state index contributed by atoms with van der Waals surface area (Å²) in [6.45, 7) is -0.357. The number of hydrogen-bond acceptors (Lipinski definition) is 4. The van der Waals surface area contributed by atoms with Crippen molar-refractivity contribution in [2.24, 2.45) is 7.05 Å². The minimum atomic E-state index is -0.549. The molecule has 1 N–H and O–H groups in total. The smallest absolute Gasteiger partial charge is 0.355 e. The minimum absolute atomic E-state index is 0.322. The van der Waals surface area contributed by atoms with Crippen molar-refractivity contribution in [3.05, 3.63) is 53.9 Å². The van der Waals surface area contributed by atoms with E-state index in [1.807, 2.05) is 6.07 Å². The van der Waals surface area contributed by atoms with Crippen LogP contribution < -0.4 is 5.32 Å². The summed E-state index contributed by atoms with van der Waals surface area (Å²) in [5.41, 5.74) is 1.84. The van der Waals surface area contributed by atoms with E-state index in [4.69, 9.17) is 10.00 Å². The number of rotatable bonds is 5. The van der Waals surface area contributed by atoms with E-state index in [-0.39, 0.29) is 6.61 Å². The van der Waals surface area contributed by atoms with Crippen LogP contribution in [0.5, 0.6) is 0 Å². The maximum absolute atomic E-state index is 11.7. The van der Waals surface area contributed by atoms with Crippen LogP contribution >= 0.6 is 0 Å². The summed E-state index contributed by atoms with van der Waals surface area (Å²) >= 11 is 0. The van der Waals surface area contributed by atoms with Crippen molar-refractivity contribution in [2.75, 3.05) is 11.9 Å². The highest BCUT2D eigenvalue weighted by atomic mass is 16.5. The van der Waals surface area contributed by atoms with Crippen LogP contribution in [0.2, 0.25) is 0 Å². The number of benzene rings is 1. The molecule has 2 rings (SSSR count). The molecule has 0 aliphatic rings. The van der Waals surface area contributed by atoms with Gasteiger partial charge in [-0.1, -0.05) is 12.1 Å². The Morgan fingerprint density at radius 2 is 2.00 bits per heavy atom. The molecule has 6 heteroatoms. The topological polar surface area (TPSA) is 84.1 Å². The Morgan fingerprint density at radius 3 is 2.59 bits per heavy atom. The fourth-order valence-corrected chi connectivity index (χ4v) is 1.87. The second kappa shape index (κ2) is 7.09. The molecule has 1 aromatic heterocycles. The largest absolute Gasteiger partial charge is 0.451 e. The highest BCUT2D eigenvalue weighted by Gasteiger charge is 2.12. The number of hydrogen-bond donors (Lipinski definition) is 1. The van der Waals surface area contributed by atoms with Crippen LogP contribution in [0.4, 0.5) is 5.69 Å². The average molecular weight is 297 g/mol. The summed E-state index contributed by atoms with van der Waals surface area (Å²) in [6, 6.07) is 12.3. The van der Waals surface area contributed by atoms with Crippen molar-refractivity contribution < 1.29 is 14.3 Å². The normalized spacial score (nSPS) is 9.82. The molecule has 0 spiro atoms. The Balaban J connectivity index is 1.84. The van der Waals surface area contributed by atoms with Crippen LogP contribution in [0, 0.1) is 11.3 Å². The highest BCUT2D eigenvalue weighted by molar-refractivity contribution is 5.94. The number of esters is 1. The lowest BCUT2D eigenvalue weighted by Gasteiger charge is -2.07. The molecule has 1 heterocycles. The van der Waals surface area contributed by atoms with Crippen molar-refractivity contribution in [3.63, 3.8) is 0 Å². The Kier molecular flexibility index (Phi) is 4.94. The molecule has 0 aliphatic heterocycles. The number of amides is 1. The number of nitrogens with one attached hydrogen (secondary N) is 1. The Bertz CT molecular complexity index is 711. The van der Waals surface area contributed by atoms with Gasteiger partial charge in [-0.25, -0.2) is 4.79 Å². The van der Waals surface area contributed by atoms with Crippen molar-refractivity contribution in [1.29, 1.82) is 5.26 Å². The van der Waals surface area contributed by atoms with E-state index in [1.165, 1.54) is 0 Å². The Labute approximate surface area is 127 Å². The third kappa shape index (κ3) is 3.96. The first-order chi connectivity index (χ1) is 10.6. The summed E-state index contributed by atoms with van der Waals surface area (Å²) < 4.78 is 6.57. The van der Waals surface area contributed by atoms with Gasteiger partial charge in [-0.15, -0.1) is 0 Å². The summed E-state index contributed by atoms with van der Waals surface area (Å²) in [5, 5.41) is 11.2. The first kappa shape index (κ1) is 15.3. The van der Waals surface area contributed by atoms with E-state index in [1.54, 1.807) is 54.2 Å². The predicted octanol–water partition coefficient (Wildman–Crippen LogP) is 1.89. The standard InChI is InChI=1S/C16H15N3O3/c1-19-10-2-3-14(19)16(21)22-11-15(20)18-13-6-4-12(5-7-13)8-9-17/h2-7,10H,8,11H2,1H3,(H,18,20). The zero-order valence-electron chi connectivity index (χ0n) is 12.1. The maximum atomic E-state index is 11.7. The van der Waals surface area contributed by atoms with Gasteiger partial charge < -0.3 is 14.6 Å². The summed E-state index contributed by atoms with van der Waals surface area (Å²) in [4.78, 5) is 23.5. The van der Waals surface area contributed by atoms with E-state index in [0.717, 1.165) is 5.56 Å². The quantitative estimate of drug-likeness (QED) is 0.854. The Hall–Kier alpha value is -3.07. The number of nitriles is 1. The second-order valence-electron chi connectivity index (χ2n) is 4.66. The lowest BCUT2D eigenvalue weighted by Crippen LogP contribution is -2.21. The molecule has 6 nitrogen and oxygen atoms in total. The van der Waals surface area contributed by atoms with Gasteiger partial charge in [0.05, 0.1) is 12.5 Å². The van der Waals surface area contributed by atoms with Gasteiger partial charge in [-0.05, 0) is 29.8 Å². The van der Waals surface area contributed by atoms with Crippen molar-refractivity contribution in [3.8, 4) is 6.07 Å². The molecule has 0 aliphatic carbocycles. The average Bonchev–Trinajstić information content (AvgIpc) is 2.93. The lowest BCUT2D eigenvalue weighted by atomic mass is 10.1. The van der Waals surface area contributed by atoms with Crippen LogP contribution in [-0.2, 0) is 23.0 Å². The van der Waals surface area contributed by atoms with Gasteiger partial charge in [0.1, 0.15) is 5.69 Å². The third-order valence-corrected chi connectivity index (χ3v) is 3.01. The summed E-state index contributed by atoms with van der Waals surface area (Å²) in [6.07, 6.45) is 2.04. The number of anilines is 1. The molecular formula is C16H15N3O3. The van der Waals surface area contributed by atoms with E-state index in [2.05, 4.69) is 5.32 Å². The molecule has 112 valence electrons. The number of carbonyl (C=O) groups is 2. The van der Waals surface area contributed by atoms with Crippen LogP contribution in [-0.4, -0.2) is 23.1 Å². The molecular weight excluding hydrogens is 282 g/mol. The molecule has 22 heavy (non-hydrogen) atoms. The molecule has 0 saturated carbocycles. The van der Waals surface area contributed by atoms with Crippen LogP contribution in [0.3, 0.4) is 0 Å². The zero-order valence-corrected chi connectivity index (χ0v) is 12.1. The molecule has 1 aromatic carbocycles. The number of ether oxygens (including phenoxy) is 1. The zero-order chi connectivity index (χ0) is 15.9. The fraction of sp³-hybridized carbons (Fsp3) is 0.188.